The van der Waals surface area contributed by atoms with E-state index in [1.807, 2.05) is 39.6 Å². The summed E-state index contributed by atoms with van der Waals surface area (Å²) in [6.07, 6.45) is 3.36. The molecule has 1 aromatic heterocycles. The zero-order valence-corrected chi connectivity index (χ0v) is 20.8. The number of rotatable bonds is 5. The minimum absolute atomic E-state index is 0. The van der Waals surface area contributed by atoms with E-state index in [0.717, 1.165) is 44.3 Å². The summed E-state index contributed by atoms with van der Waals surface area (Å²) in [5.74, 6) is 2.22. The molecule has 0 unspecified atom stereocenters. The summed E-state index contributed by atoms with van der Waals surface area (Å²) in [4.78, 5) is 25.1. The van der Waals surface area contributed by atoms with E-state index < -0.39 is 5.60 Å². The molecule has 0 aromatic carbocycles. The predicted molar refractivity (Wildman–Crippen MR) is 124 cm³/mol. The van der Waals surface area contributed by atoms with Gasteiger partial charge in [-0.05, 0) is 46.5 Å². The fraction of sp³-hybridized carbons (Fsp3) is 0.789. The van der Waals surface area contributed by atoms with Crippen LogP contribution in [0.4, 0.5) is 4.79 Å². The highest BCUT2D eigenvalue weighted by Gasteiger charge is 2.27. The van der Waals surface area contributed by atoms with Crippen LogP contribution in [0.25, 0.3) is 0 Å². The maximum atomic E-state index is 12.4. The molecule has 1 N–H and O–H groups in total. The van der Waals surface area contributed by atoms with E-state index in [4.69, 9.17) is 4.74 Å². The molecule has 1 aromatic rings. The van der Waals surface area contributed by atoms with Crippen LogP contribution in [-0.4, -0.2) is 75.4 Å². The third kappa shape index (κ3) is 7.98. The number of halogens is 1. The summed E-state index contributed by atoms with van der Waals surface area (Å²) < 4.78 is 7.27. The molecule has 1 fully saturated rings. The number of likely N-dealkylation sites (tertiary alicyclic amines) is 1. The molecule has 1 amide bonds. The highest BCUT2D eigenvalue weighted by atomic mass is 127. The van der Waals surface area contributed by atoms with E-state index in [0.29, 0.717) is 19.0 Å². The van der Waals surface area contributed by atoms with Crippen LogP contribution in [0.1, 0.15) is 46.4 Å². The first-order valence-corrected chi connectivity index (χ1v) is 10.00. The zero-order valence-electron chi connectivity index (χ0n) is 18.5. The Balaban J connectivity index is 0.00000420. The Morgan fingerprint density at radius 2 is 2.03 bits per heavy atom. The third-order valence-corrected chi connectivity index (χ3v) is 4.85. The van der Waals surface area contributed by atoms with Crippen LogP contribution >= 0.6 is 24.0 Å². The molecule has 10 heteroatoms. The monoisotopic (exact) mass is 521 g/mol. The van der Waals surface area contributed by atoms with Gasteiger partial charge in [0, 0.05) is 40.3 Å². The molecule has 0 spiro atoms. The number of nitrogens with zero attached hydrogens (tertiary/aromatic N) is 6. The predicted octanol–water partition coefficient (Wildman–Crippen LogP) is 2.48. The van der Waals surface area contributed by atoms with Crippen LogP contribution in [0.2, 0.25) is 0 Å². The number of nitrogens with one attached hydrogen (secondary N) is 1. The Hall–Kier alpha value is -1.59. The van der Waals surface area contributed by atoms with E-state index in [2.05, 4.69) is 25.3 Å². The van der Waals surface area contributed by atoms with Gasteiger partial charge < -0.3 is 19.9 Å². The Labute approximate surface area is 191 Å². The number of ether oxygens (including phenoxy) is 1. The largest absolute Gasteiger partial charge is 0.444 e. The van der Waals surface area contributed by atoms with Crippen molar-refractivity contribution in [2.75, 3.05) is 33.2 Å². The normalized spacial score (nSPS) is 15.7. The van der Waals surface area contributed by atoms with Gasteiger partial charge in [-0.2, -0.15) is 5.10 Å². The average Bonchev–Trinajstić information content (AvgIpc) is 3.04. The van der Waals surface area contributed by atoms with Crippen molar-refractivity contribution in [1.29, 1.82) is 0 Å². The third-order valence-electron chi connectivity index (χ3n) is 4.85. The smallest absolute Gasteiger partial charge is 0.410 e. The Kier molecular flexibility index (Phi) is 10.1. The molecule has 0 atom stereocenters. The first kappa shape index (κ1) is 25.4. The van der Waals surface area contributed by atoms with Crippen molar-refractivity contribution < 1.29 is 9.53 Å². The van der Waals surface area contributed by atoms with Crippen LogP contribution in [-0.2, 0) is 18.3 Å². The van der Waals surface area contributed by atoms with Gasteiger partial charge in [0.2, 0.25) is 0 Å². The van der Waals surface area contributed by atoms with E-state index in [-0.39, 0.29) is 30.1 Å². The van der Waals surface area contributed by atoms with E-state index in [1.54, 1.807) is 18.1 Å². The van der Waals surface area contributed by atoms with E-state index >= 15 is 0 Å². The summed E-state index contributed by atoms with van der Waals surface area (Å²) >= 11 is 0. The van der Waals surface area contributed by atoms with Crippen LogP contribution in [0.5, 0.6) is 0 Å². The molecule has 0 saturated carbocycles. The van der Waals surface area contributed by atoms with Gasteiger partial charge in [-0.15, -0.1) is 24.0 Å². The van der Waals surface area contributed by atoms with Crippen LogP contribution in [0.3, 0.4) is 0 Å². The second-order valence-electron chi connectivity index (χ2n) is 8.15. The van der Waals surface area contributed by atoms with Gasteiger partial charge in [0.25, 0.3) is 0 Å². The Morgan fingerprint density at radius 1 is 1.38 bits per heavy atom. The Morgan fingerprint density at radius 3 is 2.52 bits per heavy atom. The number of hydrogen-bond acceptors (Lipinski definition) is 5. The van der Waals surface area contributed by atoms with Crippen molar-refractivity contribution in [3.63, 3.8) is 0 Å². The number of carbonyl (C=O) groups is 1. The van der Waals surface area contributed by atoms with Gasteiger partial charge in [0.05, 0.1) is 6.54 Å². The molecule has 9 nitrogen and oxygen atoms in total. The molecular weight excluding hydrogens is 485 g/mol. The fourth-order valence-corrected chi connectivity index (χ4v) is 3.27. The molecule has 0 bridgehead atoms. The van der Waals surface area contributed by atoms with E-state index in [9.17, 15) is 4.79 Å². The molecular formula is C19H36IN7O2. The lowest BCUT2D eigenvalue weighted by Crippen LogP contribution is -2.47. The van der Waals surface area contributed by atoms with Gasteiger partial charge in [0.15, 0.2) is 5.96 Å². The second kappa shape index (κ2) is 11.6. The molecule has 2 heterocycles. The molecule has 1 aliphatic rings. The van der Waals surface area contributed by atoms with Crippen molar-refractivity contribution in [1.82, 2.24) is 29.9 Å². The Bertz CT molecular complexity index is 664. The lowest BCUT2D eigenvalue weighted by atomic mass is 9.96. The number of piperidine rings is 1. The standard InChI is InChI=1S/C19H35N7O2.HI/c1-7-25(18(27)28-19(2,3)4)13-15-8-10-26(11-9-15)17(20-5)21-12-16-22-14-23-24(16)6;/h14-15H,7-13H2,1-6H3,(H,20,21);1H. The molecule has 0 radical (unpaired) electrons. The van der Waals surface area contributed by atoms with Crippen LogP contribution in [0, 0.1) is 5.92 Å². The number of aliphatic imine (C=N–C) groups is 1. The molecule has 1 aliphatic heterocycles. The van der Waals surface area contributed by atoms with Crippen molar-refractivity contribution >= 4 is 36.0 Å². The van der Waals surface area contributed by atoms with Crippen molar-refractivity contribution in [3.05, 3.63) is 12.2 Å². The minimum Gasteiger partial charge on any atom is -0.444 e. The molecule has 29 heavy (non-hydrogen) atoms. The van der Waals surface area contributed by atoms with Gasteiger partial charge in [0.1, 0.15) is 17.8 Å². The van der Waals surface area contributed by atoms with Gasteiger partial charge in [-0.3, -0.25) is 9.67 Å². The molecule has 2 rings (SSSR count). The van der Waals surface area contributed by atoms with Crippen LogP contribution < -0.4 is 5.32 Å². The number of guanidine groups is 1. The summed E-state index contributed by atoms with van der Waals surface area (Å²) in [5, 5.41) is 7.45. The summed E-state index contributed by atoms with van der Waals surface area (Å²) in [5.41, 5.74) is -0.464. The maximum absolute atomic E-state index is 12.4. The first-order valence-electron chi connectivity index (χ1n) is 10.00. The van der Waals surface area contributed by atoms with Gasteiger partial charge >= 0.3 is 6.09 Å². The minimum atomic E-state index is -0.464. The molecule has 0 aliphatic carbocycles. The highest BCUT2D eigenvalue weighted by Crippen LogP contribution is 2.20. The fourth-order valence-electron chi connectivity index (χ4n) is 3.27. The quantitative estimate of drug-likeness (QED) is 0.364. The summed E-state index contributed by atoms with van der Waals surface area (Å²) in [6, 6.07) is 0. The number of carbonyl (C=O) groups excluding carboxylic acids is 1. The topological polar surface area (TPSA) is 87.9 Å². The number of hydrogen-bond donors (Lipinski definition) is 1. The van der Waals surface area contributed by atoms with Crippen molar-refractivity contribution in [2.24, 2.45) is 18.0 Å². The number of aryl methyl sites for hydroxylation is 1. The molecule has 166 valence electrons. The molecule has 1 saturated heterocycles. The second-order valence-corrected chi connectivity index (χ2v) is 8.15. The lowest BCUT2D eigenvalue weighted by molar-refractivity contribution is 0.0214. The average molecular weight is 521 g/mol. The first-order chi connectivity index (χ1) is 13.2. The SMILES string of the molecule is CCN(CC1CCN(C(=NC)NCc2ncnn2C)CC1)C(=O)OC(C)(C)C.I. The zero-order chi connectivity index (χ0) is 20.7. The van der Waals surface area contributed by atoms with Crippen molar-refractivity contribution in [2.45, 2.75) is 52.7 Å². The summed E-state index contributed by atoms with van der Waals surface area (Å²) in [6.45, 7) is 11.5. The maximum Gasteiger partial charge on any atom is 0.410 e. The highest BCUT2D eigenvalue weighted by molar-refractivity contribution is 14.0. The van der Waals surface area contributed by atoms with Crippen LogP contribution in [0.15, 0.2) is 11.3 Å². The van der Waals surface area contributed by atoms with Gasteiger partial charge in [-0.25, -0.2) is 9.78 Å². The number of amides is 1. The van der Waals surface area contributed by atoms with Crippen molar-refractivity contribution in [3.8, 4) is 0 Å². The van der Waals surface area contributed by atoms with Gasteiger partial charge in [-0.1, -0.05) is 0 Å². The van der Waals surface area contributed by atoms with E-state index in [1.165, 1.54) is 0 Å². The summed E-state index contributed by atoms with van der Waals surface area (Å²) in [7, 11) is 3.68. The number of aromatic nitrogens is 3. The lowest BCUT2D eigenvalue weighted by Gasteiger charge is -2.36.